The van der Waals surface area contributed by atoms with Crippen molar-refractivity contribution in [3.05, 3.63) is 206 Å². The van der Waals surface area contributed by atoms with Crippen molar-refractivity contribution in [3.63, 3.8) is 0 Å². The van der Waals surface area contributed by atoms with Gasteiger partial charge < -0.3 is 4.57 Å². The van der Waals surface area contributed by atoms with Gasteiger partial charge in [-0.3, -0.25) is 4.98 Å². The van der Waals surface area contributed by atoms with Gasteiger partial charge in [0.05, 0.1) is 22.5 Å². The second-order valence-electron chi connectivity index (χ2n) is 16.0. The van der Waals surface area contributed by atoms with Gasteiger partial charge >= 0.3 is 99.8 Å². The molecule has 6 heteroatoms. The van der Waals surface area contributed by atoms with E-state index in [1.807, 2.05) is 41.8 Å². The number of thiophene rings is 1. The Morgan fingerprint density at radius 3 is 1.90 bits per heavy atom. The molecule has 0 amide bonds. The molecule has 3 nitrogen and oxygen atoms in total. The predicted octanol–water partition coefficient (Wildman–Crippen LogP) is 14.4. The van der Waals surface area contributed by atoms with E-state index in [-0.39, 0.29) is 20.1 Å². The van der Waals surface area contributed by atoms with Gasteiger partial charge in [-0.15, -0.1) is 18.2 Å². The van der Waals surface area contributed by atoms with E-state index in [4.69, 9.17) is 4.98 Å². The van der Waals surface area contributed by atoms with Crippen LogP contribution < -0.4 is 4.40 Å². The molecule has 0 saturated heterocycles. The van der Waals surface area contributed by atoms with Crippen LogP contribution in [0.1, 0.15) is 0 Å². The van der Waals surface area contributed by atoms with Crippen LogP contribution in [0.15, 0.2) is 194 Å². The molecule has 0 unspecified atom stereocenters. The fourth-order valence-corrected chi connectivity index (χ4v) is 11.5. The average Bonchev–Trinajstić information content (AvgIpc) is 3.89. The fraction of sp³-hybridized carbons (Fsp3) is 0.0545. The maximum atomic E-state index is 5.52. The average molecular weight is 1040 g/mol. The van der Waals surface area contributed by atoms with Crippen molar-refractivity contribution >= 4 is 71.0 Å². The van der Waals surface area contributed by atoms with Crippen molar-refractivity contribution in [2.45, 2.75) is 17.3 Å². The first-order valence-electron chi connectivity index (χ1n) is 20.3. The van der Waals surface area contributed by atoms with Crippen molar-refractivity contribution in [1.29, 1.82) is 0 Å². The Hall–Kier alpha value is -5.95. The van der Waals surface area contributed by atoms with Crippen LogP contribution in [-0.2, 0) is 20.1 Å². The second-order valence-corrected chi connectivity index (χ2v) is 27.7. The van der Waals surface area contributed by atoms with Gasteiger partial charge in [-0.05, 0) is 38.7 Å². The van der Waals surface area contributed by atoms with E-state index in [0.717, 1.165) is 67.0 Å². The minimum absolute atomic E-state index is 0. The van der Waals surface area contributed by atoms with Crippen LogP contribution in [0.3, 0.4) is 0 Å². The minimum atomic E-state index is -1.72. The largest absolute Gasteiger partial charge is 0.332 e. The van der Waals surface area contributed by atoms with E-state index < -0.39 is 13.3 Å². The maximum absolute atomic E-state index is 5.52. The molecular weight excluding hydrogens is 1000 g/mol. The summed E-state index contributed by atoms with van der Waals surface area (Å²) in [6.45, 7) is 0. The third-order valence-electron chi connectivity index (χ3n) is 11.2. The molecule has 0 aliphatic rings. The number of fused-ring (bicyclic) bond motifs is 6. The van der Waals surface area contributed by atoms with Crippen molar-refractivity contribution in [2.75, 3.05) is 0 Å². The van der Waals surface area contributed by atoms with Crippen LogP contribution in [0, 0.1) is 12.1 Å². The summed E-state index contributed by atoms with van der Waals surface area (Å²) in [5.74, 6) is 8.04. The van der Waals surface area contributed by atoms with Crippen molar-refractivity contribution in [2.24, 2.45) is 0 Å². The summed E-state index contributed by atoms with van der Waals surface area (Å²) in [7, 11) is 0. The molecule has 11 rings (SSSR count). The Bertz CT molecular complexity index is 3220. The summed E-state index contributed by atoms with van der Waals surface area (Å²) in [4.78, 5) is 10.0. The number of nitrogens with zero attached hydrogens (tertiary/aromatic N) is 3. The molecule has 0 bridgehead atoms. The van der Waals surface area contributed by atoms with Gasteiger partial charge in [0.15, 0.2) is 0 Å². The van der Waals surface area contributed by atoms with Crippen LogP contribution in [0.2, 0.25) is 17.3 Å². The molecule has 0 atom stereocenters. The molecular formula is C55H41GeIrN3S-2. The number of aromatic nitrogens is 3. The number of para-hydroxylation sites is 1. The van der Waals surface area contributed by atoms with Crippen molar-refractivity contribution < 1.29 is 20.1 Å². The van der Waals surface area contributed by atoms with Crippen molar-refractivity contribution in [1.82, 2.24) is 14.5 Å². The summed E-state index contributed by atoms with van der Waals surface area (Å²) in [5, 5.41) is 4.83. The smallest absolute Gasteiger partial charge is 0.0852 e. The minimum Gasteiger partial charge on any atom is -0.332 e. The van der Waals surface area contributed by atoms with Gasteiger partial charge in [-0.25, -0.2) is 0 Å². The predicted molar refractivity (Wildman–Crippen MR) is 258 cm³/mol. The molecule has 0 N–H and O–H groups in total. The van der Waals surface area contributed by atoms with Crippen molar-refractivity contribution in [3.8, 4) is 50.6 Å². The normalized spacial score (nSPS) is 11.4. The standard InChI is InChI=1S/C41H25N2S.C14H16GeN.Ir/c1-3-13-27(14-4-1)31-20-11-21-32(28-15-5-2-6-16-28)39(31)43-36-26-25-29-17-7-8-18-30(29)38(36)42-41(43)35-23-12-22-34-33-19-9-10-24-37(33)44-40(34)35;1-15(2,3)13-9-10-14(16-11-13)12-7-5-4-6-8-12;/h1-22,24-26H;4-7,9-11H,1-3H3;/q2*-1;. The molecule has 3 heterocycles. The van der Waals surface area contributed by atoms with Gasteiger partial charge in [0.25, 0.3) is 0 Å². The number of hydrogen-bond acceptors (Lipinski definition) is 3. The van der Waals surface area contributed by atoms with E-state index in [1.54, 1.807) is 0 Å². The van der Waals surface area contributed by atoms with E-state index in [0.29, 0.717) is 0 Å². The first-order chi connectivity index (χ1) is 29.4. The van der Waals surface area contributed by atoms with E-state index in [2.05, 4.69) is 203 Å². The first-order valence-corrected chi connectivity index (χ1v) is 28.5. The van der Waals surface area contributed by atoms with Crippen LogP contribution in [0.5, 0.6) is 0 Å². The topological polar surface area (TPSA) is 30.7 Å². The second kappa shape index (κ2) is 17.2. The quantitative estimate of drug-likeness (QED) is 0.123. The third kappa shape index (κ3) is 7.80. The molecule has 0 aliphatic heterocycles. The van der Waals surface area contributed by atoms with Crippen LogP contribution >= 0.6 is 11.3 Å². The van der Waals surface area contributed by atoms with E-state index in [1.165, 1.54) is 30.0 Å². The molecule has 11 aromatic rings. The SMILES string of the molecule is [CH3][Ge]([CH3])([CH3])[c]1ccc(-c2[c-]cccc2)nc1.[Ir].[c-]1ccc2c(sc3ccccc32)c1-c1nc2c3ccccc3ccc2n1-c1c(-c2ccccc2)cccc1-c1ccccc1. The number of rotatable bonds is 6. The Labute approximate surface area is 377 Å². The van der Waals surface area contributed by atoms with E-state index in [9.17, 15) is 0 Å². The summed E-state index contributed by atoms with van der Waals surface area (Å²) in [6.07, 6.45) is 2.04. The van der Waals surface area contributed by atoms with Gasteiger partial charge in [-0.1, -0.05) is 138 Å². The molecule has 0 saturated carbocycles. The summed E-state index contributed by atoms with van der Waals surface area (Å²) >= 11 is 0.101. The molecule has 8 aromatic carbocycles. The molecule has 0 spiro atoms. The Morgan fingerprint density at radius 2 is 1.23 bits per heavy atom. The number of benzene rings is 8. The zero-order chi connectivity index (χ0) is 40.6. The molecule has 61 heavy (non-hydrogen) atoms. The third-order valence-corrected chi connectivity index (χ3v) is 16.6. The number of imidazole rings is 1. The molecule has 297 valence electrons. The molecule has 1 radical (unpaired) electrons. The Kier molecular flexibility index (Phi) is 11.4. The van der Waals surface area contributed by atoms with Gasteiger partial charge in [-0.2, -0.15) is 11.3 Å². The molecule has 0 fully saturated rings. The first kappa shape index (κ1) is 40.5. The monoisotopic (exact) mass is 1040 g/mol. The van der Waals surface area contributed by atoms with Crippen LogP contribution in [-0.4, -0.2) is 27.8 Å². The molecule has 0 aliphatic carbocycles. The number of pyridine rings is 1. The summed E-state index contributed by atoms with van der Waals surface area (Å²) in [5.41, 5.74) is 10.9. The van der Waals surface area contributed by atoms with Gasteiger partial charge in [0.1, 0.15) is 0 Å². The maximum Gasteiger partial charge on any atom is 0.0852 e. The van der Waals surface area contributed by atoms with Gasteiger partial charge in [0, 0.05) is 41.3 Å². The molecule has 3 aromatic heterocycles. The Morgan fingerprint density at radius 1 is 0.557 bits per heavy atom. The van der Waals surface area contributed by atoms with E-state index >= 15 is 0 Å². The zero-order valence-corrected chi connectivity index (χ0v) is 39.4. The van der Waals surface area contributed by atoms with Gasteiger partial charge in [0.2, 0.25) is 0 Å². The van der Waals surface area contributed by atoms with Crippen LogP contribution in [0.4, 0.5) is 0 Å². The Balaban J connectivity index is 0.000000237. The van der Waals surface area contributed by atoms with Crippen LogP contribution in [0.25, 0.3) is 92.6 Å². The summed E-state index contributed by atoms with van der Waals surface area (Å²) < 4.78 is 6.31. The fourth-order valence-electron chi connectivity index (χ4n) is 8.10. The number of hydrogen-bond donors (Lipinski definition) is 0. The zero-order valence-electron chi connectivity index (χ0n) is 34.1. The summed E-state index contributed by atoms with van der Waals surface area (Å²) in [6, 6.07) is 73.1.